The summed E-state index contributed by atoms with van der Waals surface area (Å²) in [5, 5.41) is 4.69. The highest BCUT2D eigenvalue weighted by Crippen LogP contribution is 2.38. The molecule has 0 bridgehead atoms. The molecule has 0 aromatic rings. The largest absolute Gasteiger partial charge is 0.401 e. The molecule has 0 fully saturated rings. The molecule has 0 unspecified atom stereocenters. The summed E-state index contributed by atoms with van der Waals surface area (Å²) in [6, 6.07) is 0. The fourth-order valence-electron chi connectivity index (χ4n) is 0.877. The Morgan fingerprint density at radius 1 is 0.933 bits per heavy atom. The number of nitrogens with one attached hydrogen (secondary N) is 2. The molecule has 15 heavy (non-hydrogen) atoms. The summed E-state index contributed by atoms with van der Waals surface area (Å²) in [4.78, 5) is 0. The van der Waals surface area contributed by atoms with Gasteiger partial charge in [0.15, 0.2) is 5.92 Å². The van der Waals surface area contributed by atoms with Gasteiger partial charge in [0.25, 0.3) is 0 Å². The van der Waals surface area contributed by atoms with Gasteiger partial charge in [-0.1, -0.05) is 0 Å². The molecule has 0 heterocycles. The highest BCUT2D eigenvalue weighted by Gasteiger charge is 2.55. The second-order valence-electron chi connectivity index (χ2n) is 2.94. The van der Waals surface area contributed by atoms with E-state index < -0.39 is 24.8 Å². The first-order valence-corrected chi connectivity index (χ1v) is 4.18. The van der Waals surface area contributed by atoms with Gasteiger partial charge in [-0.2, -0.15) is 26.3 Å². The summed E-state index contributed by atoms with van der Waals surface area (Å²) in [5.41, 5.74) is 0. The van der Waals surface area contributed by atoms with E-state index in [0.717, 1.165) is 0 Å². The van der Waals surface area contributed by atoms with Gasteiger partial charge < -0.3 is 10.6 Å². The maximum atomic E-state index is 11.9. The van der Waals surface area contributed by atoms with Crippen LogP contribution in [0.2, 0.25) is 0 Å². The van der Waals surface area contributed by atoms with Crippen molar-refractivity contribution in [2.24, 2.45) is 5.92 Å². The molecule has 0 atom stereocenters. The molecule has 0 aliphatic heterocycles. The van der Waals surface area contributed by atoms with E-state index in [4.69, 9.17) is 0 Å². The van der Waals surface area contributed by atoms with Gasteiger partial charge in [-0.25, -0.2) is 0 Å². The van der Waals surface area contributed by atoms with Gasteiger partial charge in [0.1, 0.15) is 0 Å². The summed E-state index contributed by atoms with van der Waals surface area (Å²) in [7, 11) is 1.55. The molecule has 0 aliphatic rings. The van der Waals surface area contributed by atoms with Crippen molar-refractivity contribution in [2.45, 2.75) is 12.4 Å². The van der Waals surface area contributed by atoms with Gasteiger partial charge in [0.2, 0.25) is 0 Å². The van der Waals surface area contributed by atoms with Crippen molar-refractivity contribution in [1.82, 2.24) is 10.6 Å². The number of likely N-dealkylation sites (N-methyl/N-ethyl adjacent to an activating group) is 1. The standard InChI is InChI=1S/C7H12F6N2/c1-14-2-3-15-4-5(6(8,9)10)7(11,12)13/h5,14-15H,2-4H2,1H3. The second kappa shape index (κ2) is 5.55. The quantitative estimate of drug-likeness (QED) is 0.560. The maximum absolute atomic E-state index is 11.9. The van der Waals surface area contributed by atoms with Crippen molar-refractivity contribution in [3.05, 3.63) is 0 Å². The fraction of sp³-hybridized carbons (Fsp3) is 1.00. The Hall–Kier alpha value is -0.500. The van der Waals surface area contributed by atoms with Crippen LogP contribution in [-0.2, 0) is 0 Å². The number of hydrogen-bond acceptors (Lipinski definition) is 2. The molecule has 0 saturated carbocycles. The van der Waals surface area contributed by atoms with Crippen molar-refractivity contribution in [2.75, 3.05) is 26.7 Å². The molecule has 8 heteroatoms. The lowest BCUT2D eigenvalue weighted by Crippen LogP contribution is -2.44. The molecule has 0 aromatic heterocycles. The number of rotatable bonds is 5. The van der Waals surface area contributed by atoms with Crippen molar-refractivity contribution in [3.63, 3.8) is 0 Å². The normalized spacial score (nSPS) is 13.6. The average Bonchev–Trinajstić information content (AvgIpc) is 1.99. The third kappa shape index (κ3) is 5.83. The Balaban J connectivity index is 4.17. The first-order chi connectivity index (χ1) is 6.69. The Morgan fingerprint density at radius 3 is 1.73 bits per heavy atom. The van der Waals surface area contributed by atoms with Crippen LogP contribution in [0.15, 0.2) is 0 Å². The molecule has 2 nitrogen and oxygen atoms in total. The third-order valence-corrected chi connectivity index (χ3v) is 1.69. The van der Waals surface area contributed by atoms with E-state index in [1.807, 2.05) is 0 Å². The molecular weight excluding hydrogens is 226 g/mol. The average molecular weight is 238 g/mol. The molecule has 0 radical (unpaired) electrons. The highest BCUT2D eigenvalue weighted by atomic mass is 19.4. The number of halogens is 6. The predicted molar refractivity (Wildman–Crippen MR) is 42.4 cm³/mol. The number of hydrogen-bond donors (Lipinski definition) is 2. The molecule has 0 saturated heterocycles. The summed E-state index contributed by atoms with van der Waals surface area (Å²) < 4.78 is 71.7. The third-order valence-electron chi connectivity index (χ3n) is 1.69. The van der Waals surface area contributed by atoms with Crippen LogP contribution in [0.1, 0.15) is 0 Å². The molecule has 0 aromatic carbocycles. The Labute approximate surface area is 83.0 Å². The minimum Gasteiger partial charge on any atom is -0.318 e. The molecule has 0 amide bonds. The number of alkyl halides is 6. The lowest BCUT2D eigenvalue weighted by Gasteiger charge is -2.23. The topological polar surface area (TPSA) is 24.1 Å². The van der Waals surface area contributed by atoms with Crippen molar-refractivity contribution in [3.8, 4) is 0 Å². The van der Waals surface area contributed by atoms with Gasteiger partial charge >= 0.3 is 12.4 Å². The van der Waals surface area contributed by atoms with E-state index >= 15 is 0 Å². The summed E-state index contributed by atoms with van der Waals surface area (Å²) in [6.45, 7) is -0.781. The van der Waals surface area contributed by atoms with E-state index in [-0.39, 0.29) is 6.54 Å². The summed E-state index contributed by atoms with van der Waals surface area (Å²) >= 11 is 0. The lowest BCUT2D eigenvalue weighted by atomic mass is 10.1. The van der Waals surface area contributed by atoms with Crippen LogP contribution in [0.4, 0.5) is 26.3 Å². The van der Waals surface area contributed by atoms with Crippen LogP contribution in [0.3, 0.4) is 0 Å². The zero-order chi connectivity index (χ0) is 12.1. The van der Waals surface area contributed by atoms with Crippen molar-refractivity contribution in [1.29, 1.82) is 0 Å². The van der Waals surface area contributed by atoms with Crippen LogP contribution in [-0.4, -0.2) is 39.0 Å². The van der Waals surface area contributed by atoms with Crippen LogP contribution in [0.5, 0.6) is 0 Å². The first-order valence-electron chi connectivity index (χ1n) is 4.18. The van der Waals surface area contributed by atoms with Gasteiger partial charge in [0.05, 0.1) is 0 Å². The Kier molecular flexibility index (Phi) is 5.36. The monoisotopic (exact) mass is 238 g/mol. The molecular formula is C7H12F6N2. The highest BCUT2D eigenvalue weighted by molar-refractivity contribution is 4.77. The van der Waals surface area contributed by atoms with E-state index in [1.165, 1.54) is 0 Å². The van der Waals surface area contributed by atoms with Gasteiger partial charge in [-0.15, -0.1) is 0 Å². The van der Waals surface area contributed by atoms with E-state index in [2.05, 4.69) is 10.6 Å². The van der Waals surface area contributed by atoms with Gasteiger partial charge in [-0.05, 0) is 7.05 Å². The summed E-state index contributed by atoms with van der Waals surface area (Å²) in [5.74, 6) is -3.30. The Morgan fingerprint density at radius 2 is 1.40 bits per heavy atom. The maximum Gasteiger partial charge on any atom is 0.401 e. The molecule has 0 aliphatic carbocycles. The predicted octanol–water partition coefficient (Wildman–Crippen LogP) is 1.54. The van der Waals surface area contributed by atoms with Crippen LogP contribution < -0.4 is 10.6 Å². The fourth-order valence-corrected chi connectivity index (χ4v) is 0.877. The van der Waals surface area contributed by atoms with E-state index in [0.29, 0.717) is 6.54 Å². The molecule has 2 N–H and O–H groups in total. The van der Waals surface area contributed by atoms with Crippen LogP contribution >= 0.6 is 0 Å². The molecule has 0 rings (SSSR count). The van der Waals surface area contributed by atoms with Crippen LogP contribution in [0, 0.1) is 5.92 Å². The minimum absolute atomic E-state index is 0.0547. The minimum atomic E-state index is -5.26. The van der Waals surface area contributed by atoms with Crippen molar-refractivity contribution < 1.29 is 26.3 Å². The van der Waals surface area contributed by atoms with Gasteiger partial charge in [-0.3, -0.25) is 0 Å². The van der Waals surface area contributed by atoms with Crippen molar-refractivity contribution >= 4 is 0 Å². The molecule has 0 spiro atoms. The lowest BCUT2D eigenvalue weighted by molar-refractivity contribution is -0.281. The first kappa shape index (κ1) is 14.5. The SMILES string of the molecule is CNCCNCC(C(F)(F)F)C(F)(F)F. The van der Waals surface area contributed by atoms with E-state index in [9.17, 15) is 26.3 Å². The van der Waals surface area contributed by atoms with Gasteiger partial charge in [0, 0.05) is 19.6 Å². The van der Waals surface area contributed by atoms with Crippen LogP contribution in [0.25, 0.3) is 0 Å². The second-order valence-corrected chi connectivity index (χ2v) is 2.94. The summed E-state index contributed by atoms with van der Waals surface area (Å²) in [6.07, 6.45) is -10.5. The smallest absolute Gasteiger partial charge is 0.318 e. The molecule has 92 valence electrons. The zero-order valence-corrected chi connectivity index (χ0v) is 7.97. The van der Waals surface area contributed by atoms with E-state index in [1.54, 1.807) is 7.05 Å². The Bertz CT molecular complexity index is 161. The zero-order valence-electron chi connectivity index (χ0n) is 7.97.